The van der Waals surface area contributed by atoms with E-state index in [0.29, 0.717) is 27.1 Å². The van der Waals surface area contributed by atoms with Crippen LogP contribution in [0.3, 0.4) is 0 Å². The van der Waals surface area contributed by atoms with E-state index in [1.807, 2.05) is 0 Å². The fourth-order valence-electron chi connectivity index (χ4n) is 2.77. The summed E-state index contributed by atoms with van der Waals surface area (Å²) in [6.45, 7) is -1.88. The van der Waals surface area contributed by atoms with Gasteiger partial charge in [-0.3, -0.25) is 0 Å². The van der Waals surface area contributed by atoms with Gasteiger partial charge in [0.1, 0.15) is 6.33 Å². The van der Waals surface area contributed by atoms with Crippen LogP contribution in [0.2, 0.25) is 0 Å². The molecule has 0 saturated carbocycles. The zero-order valence-corrected chi connectivity index (χ0v) is 14.7. The van der Waals surface area contributed by atoms with Crippen molar-refractivity contribution < 1.29 is 17.6 Å². The number of alkyl halides is 2. The van der Waals surface area contributed by atoms with E-state index in [1.54, 1.807) is 25.1 Å². The van der Waals surface area contributed by atoms with Crippen LogP contribution < -0.4 is 11.4 Å². The third-order valence-electron chi connectivity index (χ3n) is 4.26. The van der Waals surface area contributed by atoms with Crippen LogP contribution in [0.15, 0.2) is 53.4 Å². The highest BCUT2D eigenvalue weighted by Gasteiger charge is 2.16. The number of hydrogen-bond acceptors (Lipinski definition) is 4. The zero-order valence-electron chi connectivity index (χ0n) is 14.7. The molecule has 11 heteroatoms. The van der Waals surface area contributed by atoms with Gasteiger partial charge in [-0.2, -0.15) is 27.8 Å². The highest BCUT2D eigenvalue weighted by atomic mass is 19.3. The Morgan fingerprint density at radius 2 is 2.00 bits per heavy atom. The van der Waals surface area contributed by atoms with Crippen molar-refractivity contribution in [2.45, 2.75) is 20.0 Å². The van der Waals surface area contributed by atoms with Gasteiger partial charge in [-0.05, 0) is 24.1 Å². The molecule has 28 heavy (non-hydrogen) atoms. The van der Waals surface area contributed by atoms with Gasteiger partial charge in [-0.1, -0.05) is 12.1 Å². The second-order valence-electron chi connectivity index (χ2n) is 5.95. The Hall–Kier alpha value is -3.21. The maximum atomic E-state index is 12.8. The van der Waals surface area contributed by atoms with Crippen molar-refractivity contribution in [3.63, 3.8) is 0 Å². The van der Waals surface area contributed by atoms with Crippen LogP contribution >= 0.6 is 0 Å². The van der Waals surface area contributed by atoms with Gasteiger partial charge in [-0.25, -0.2) is 18.7 Å². The zero-order chi connectivity index (χ0) is 20.4. The summed E-state index contributed by atoms with van der Waals surface area (Å²) in [4.78, 5) is 12.6. The summed E-state index contributed by atoms with van der Waals surface area (Å²) in [7, 11) is 0. The van der Waals surface area contributed by atoms with Crippen molar-refractivity contribution in [1.29, 1.82) is 0 Å². The number of hydrogen-bond donors (Lipinski definition) is 1. The third kappa shape index (κ3) is 3.60. The van der Waals surface area contributed by atoms with Gasteiger partial charge >= 0.3 is 12.2 Å². The summed E-state index contributed by atoms with van der Waals surface area (Å²) in [5.74, 6) is 0. The first-order valence-corrected chi connectivity index (χ1v) is 8.13. The van der Waals surface area contributed by atoms with E-state index in [0.717, 1.165) is 4.68 Å². The van der Waals surface area contributed by atoms with Crippen LogP contribution in [-0.4, -0.2) is 30.7 Å². The molecule has 0 aliphatic carbocycles. The van der Waals surface area contributed by atoms with E-state index in [1.165, 1.54) is 23.3 Å². The molecule has 148 valence electrons. The van der Waals surface area contributed by atoms with E-state index in [4.69, 9.17) is 5.73 Å². The number of rotatable bonds is 6. The molecule has 2 N–H and O–H groups in total. The van der Waals surface area contributed by atoms with Gasteiger partial charge in [0.25, 0.3) is 6.08 Å². The van der Waals surface area contributed by atoms with Gasteiger partial charge < -0.3 is 5.73 Å². The maximum absolute atomic E-state index is 12.8. The number of benzene rings is 1. The minimum Gasteiger partial charge on any atom is -0.327 e. The molecule has 0 fully saturated rings. The molecule has 0 saturated heterocycles. The topological polar surface area (TPSA) is 83.7 Å². The molecule has 0 unspecified atom stereocenters. The average Bonchev–Trinajstić information content (AvgIpc) is 3.27. The normalized spacial score (nSPS) is 11.2. The molecular weight excluding hydrogens is 380 g/mol. The van der Waals surface area contributed by atoms with Gasteiger partial charge in [-0.15, -0.1) is 0 Å². The number of aromatic nitrogens is 5. The van der Waals surface area contributed by atoms with Crippen LogP contribution in [0.5, 0.6) is 0 Å². The first-order valence-electron chi connectivity index (χ1n) is 8.13. The Morgan fingerprint density at radius 3 is 2.61 bits per heavy atom. The highest BCUT2D eigenvalue weighted by Crippen LogP contribution is 2.27. The smallest absolute Gasteiger partial charge is 0.327 e. The SMILES string of the molecule is Cc1c(-c2cnn(C(F)F)c2)cccc1-n1cnn(CC(CN)=C(F)F)c1=O. The second-order valence-corrected chi connectivity index (χ2v) is 5.95. The summed E-state index contributed by atoms with van der Waals surface area (Å²) in [5.41, 5.74) is 6.36. The molecule has 0 spiro atoms. The predicted molar refractivity (Wildman–Crippen MR) is 93.3 cm³/mol. The minimum atomic E-state index is -2.77. The summed E-state index contributed by atoms with van der Waals surface area (Å²) in [6.07, 6.45) is 1.76. The van der Waals surface area contributed by atoms with Crippen molar-refractivity contribution >= 4 is 0 Å². The second kappa shape index (κ2) is 7.80. The fourth-order valence-corrected chi connectivity index (χ4v) is 2.77. The molecule has 2 heterocycles. The Morgan fingerprint density at radius 1 is 1.25 bits per heavy atom. The van der Waals surface area contributed by atoms with E-state index in [-0.39, 0.29) is 0 Å². The lowest BCUT2D eigenvalue weighted by Crippen LogP contribution is -2.26. The standard InChI is InChI=1S/C17H16F4N6O/c1-10-13(12-6-23-26(8-12)16(20)21)3-2-4-14(10)25-9-24-27(17(25)28)7-11(5-22)15(18)19/h2-4,6,8-9,16H,5,7,22H2,1H3. The van der Waals surface area contributed by atoms with E-state index in [9.17, 15) is 22.4 Å². The first kappa shape index (κ1) is 19.5. The summed E-state index contributed by atoms with van der Waals surface area (Å²) in [5, 5.41) is 7.47. The fraction of sp³-hybridized carbons (Fsp3) is 0.235. The molecule has 0 aliphatic heterocycles. The lowest BCUT2D eigenvalue weighted by atomic mass is 10.0. The van der Waals surface area contributed by atoms with Crippen LogP contribution in [0.1, 0.15) is 12.1 Å². The molecule has 0 bridgehead atoms. The van der Waals surface area contributed by atoms with Crippen LogP contribution in [0.4, 0.5) is 17.6 Å². The number of halogens is 4. The molecule has 0 amide bonds. The van der Waals surface area contributed by atoms with Crippen molar-refractivity contribution in [2.24, 2.45) is 5.73 Å². The van der Waals surface area contributed by atoms with Gasteiger partial charge in [0.15, 0.2) is 0 Å². The number of nitrogens with two attached hydrogens (primary N) is 1. The monoisotopic (exact) mass is 396 g/mol. The van der Waals surface area contributed by atoms with Gasteiger partial charge in [0.2, 0.25) is 0 Å². The maximum Gasteiger partial charge on any atom is 0.350 e. The highest BCUT2D eigenvalue weighted by molar-refractivity contribution is 5.69. The van der Waals surface area contributed by atoms with Crippen molar-refractivity contribution in [3.8, 4) is 16.8 Å². The van der Waals surface area contributed by atoms with E-state index < -0.39 is 37.0 Å². The molecule has 3 rings (SSSR count). The van der Waals surface area contributed by atoms with Crippen molar-refractivity contribution in [1.82, 2.24) is 24.1 Å². The Kier molecular flexibility index (Phi) is 5.45. The number of nitrogens with zero attached hydrogens (tertiary/aromatic N) is 5. The Bertz CT molecular complexity index is 1080. The molecule has 0 aliphatic rings. The lowest BCUT2D eigenvalue weighted by Gasteiger charge is -2.10. The Balaban J connectivity index is 2.02. The quantitative estimate of drug-likeness (QED) is 0.650. The molecule has 0 radical (unpaired) electrons. The molecule has 1 aromatic carbocycles. The summed E-state index contributed by atoms with van der Waals surface area (Å²) < 4.78 is 53.7. The molecule has 2 aromatic heterocycles. The van der Waals surface area contributed by atoms with E-state index >= 15 is 0 Å². The summed E-state index contributed by atoms with van der Waals surface area (Å²) >= 11 is 0. The largest absolute Gasteiger partial charge is 0.350 e. The summed E-state index contributed by atoms with van der Waals surface area (Å²) in [6, 6.07) is 4.99. The van der Waals surface area contributed by atoms with Gasteiger partial charge in [0, 0.05) is 23.9 Å². The molecule has 3 aromatic rings. The van der Waals surface area contributed by atoms with Crippen LogP contribution in [0, 0.1) is 6.92 Å². The molecule has 7 nitrogen and oxygen atoms in total. The predicted octanol–water partition coefficient (Wildman–Crippen LogP) is 2.71. The average molecular weight is 396 g/mol. The van der Waals surface area contributed by atoms with E-state index in [2.05, 4.69) is 10.2 Å². The minimum absolute atomic E-state index is 0.391. The lowest BCUT2D eigenvalue weighted by molar-refractivity contribution is 0.0566. The molecule has 0 atom stereocenters. The molecular formula is C17H16F4N6O. The third-order valence-corrected chi connectivity index (χ3v) is 4.26. The van der Waals surface area contributed by atoms with Crippen molar-refractivity contribution in [2.75, 3.05) is 6.54 Å². The van der Waals surface area contributed by atoms with Gasteiger partial charge in [0.05, 0.1) is 18.4 Å². The Labute approximate surface area is 156 Å². The van der Waals surface area contributed by atoms with Crippen molar-refractivity contribution in [3.05, 3.63) is 64.6 Å². The first-order chi connectivity index (χ1) is 13.3. The van der Waals surface area contributed by atoms with Crippen LogP contribution in [-0.2, 0) is 6.54 Å². The van der Waals surface area contributed by atoms with Crippen LogP contribution in [0.25, 0.3) is 16.8 Å².